The third kappa shape index (κ3) is 6.18. The normalized spacial score (nSPS) is 24.3. The maximum absolute atomic E-state index is 12.7. The molecule has 3 fully saturated rings. The molecule has 1 aliphatic carbocycles. The van der Waals surface area contributed by atoms with Crippen LogP contribution < -0.4 is 10.2 Å². The Morgan fingerprint density at radius 1 is 1.03 bits per heavy atom. The number of rotatable bonds is 6. The average Bonchev–Trinajstić information content (AvgIpc) is 2.90. The minimum absolute atomic E-state index is 0.162. The van der Waals surface area contributed by atoms with E-state index in [0.717, 1.165) is 76.7 Å². The molecular weight excluding hydrogens is 440 g/mol. The molecule has 0 unspecified atom stereocenters. The molecule has 0 spiro atoms. The number of anilines is 1. The van der Waals surface area contributed by atoms with E-state index in [4.69, 9.17) is 4.74 Å². The lowest BCUT2D eigenvalue weighted by atomic mass is 9.90. The van der Waals surface area contributed by atoms with Crippen LogP contribution in [0.25, 0.3) is 11.1 Å². The summed E-state index contributed by atoms with van der Waals surface area (Å²) in [5.41, 5.74) is 3.52. The minimum atomic E-state index is 0.162. The quantitative estimate of drug-likeness (QED) is 0.683. The first-order valence-electron chi connectivity index (χ1n) is 13.1. The SMILES string of the molecule is Cc1ccccc1-c1cnnc(N2CCN(CC(=O)N[C@H]3CC[C@H](N4CCOCC4)CC3)CC2)c1. The van der Waals surface area contributed by atoms with Crippen LogP contribution in [0.1, 0.15) is 31.2 Å². The Morgan fingerprint density at radius 3 is 2.51 bits per heavy atom. The molecule has 2 aliphatic heterocycles. The van der Waals surface area contributed by atoms with E-state index in [1.165, 1.54) is 24.0 Å². The van der Waals surface area contributed by atoms with Crippen molar-refractivity contribution in [3.63, 3.8) is 0 Å². The van der Waals surface area contributed by atoms with Gasteiger partial charge in [-0.1, -0.05) is 24.3 Å². The number of carbonyl (C=O) groups is 1. The monoisotopic (exact) mass is 478 g/mol. The maximum atomic E-state index is 12.7. The topological polar surface area (TPSA) is 73.8 Å². The Morgan fingerprint density at radius 2 is 1.77 bits per heavy atom. The maximum Gasteiger partial charge on any atom is 0.234 e. The second kappa shape index (κ2) is 11.5. The van der Waals surface area contributed by atoms with Crippen LogP contribution >= 0.6 is 0 Å². The third-order valence-electron chi connectivity index (χ3n) is 7.79. The summed E-state index contributed by atoms with van der Waals surface area (Å²) in [5.74, 6) is 1.07. The van der Waals surface area contributed by atoms with Gasteiger partial charge in [-0.05, 0) is 49.8 Å². The van der Waals surface area contributed by atoms with E-state index in [9.17, 15) is 4.79 Å². The van der Waals surface area contributed by atoms with E-state index < -0.39 is 0 Å². The van der Waals surface area contributed by atoms with Crippen molar-refractivity contribution >= 4 is 11.7 Å². The molecule has 1 N–H and O–H groups in total. The van der Waals surface area contributed by atoms with Crippen molar-refractivity contribution in [3.8, 4) is 11.1 Å². The van der Waals surface area contributed by atoms with Crippen LogP contribution in [0.2, 0.25) is 0 Å². The fourth-order valence-electron chi connectivity index (χ4n) is 5.69. The first-order chi connectivity index (χ1) is 17.2. The highest BCUT2D eigenvalue weighted by molar-refractivity contribution is 5.78. The van der Waals surface area contributed by atoms with Crippen LogP contribution in [0.3, 0.4) is 0 Å². The van der Waals surface area contributed by atoms with Crippen LogP contribution in [0.15, 0.2) is 36.5 Å². The molecule has 3 aliphatic rings. The number of nitrogens with one attached hydrogen (secondary N) is 1. The fraction of sp³-hybridized carbons (Fsp3) is 0.593. The molecule has 8 nitrogen and oxygen atoms in total. The lowest BCUT2D eigenvalue weighted by Gasteiger charge is -2.39. The highest BCUT2D eigenvalue weighted by atomic mass is 16.5. The number of carbonyl (C=O) groups excluding carboxylic acids is 1. The summed E-state index contributed by atoms with van der Waals surface area (Å²) in [4.78, 5) is 19.8. The summed E-state index contributed by atoms with van der Waals surface area (Å²) in [7, 11) is 0. The second-order valence-electron chi connectivity index (χ2n) is 10.1. The van der Waals surface area contributed by atoms with Crippen molar-refractivity contribution in [1.82, 2.24) is 25.3 Å². The number of benzene rings is 1. The number of hydrogen-bond donors (Lipinski definition) is 1. The van der Waals surface area contributed by atoms with Crippen LogP contribution in [0, 0.1) is 6.92 Å². The molecule has 1 amide bonds. The Hall–Kier alpha value is -2.55. The standard InChI is InChI=1S/C27H38N6O2/c1-21-4-2-3-5-25(21)22-18-26(30-28-19-22)33-12-10-31(11-13-33)20-27(34)29-23-6-8-24(9-7-23)32-14-16-35-17-15-32/h2-5,18-19,23-24H,6-17,20H2,1H3,(H,29,34)/t23-,24-. The van der Waals surface area contributed by atoms with Crippen LogP contribution in [0.5, 0.6) is 0 Å². The highest BCUT2D eigenvalue weighted by Crippen LogP contribution is 2.26. The summed E-state index contributed by atoms with van der Waals surface area (Å²) >= 11 is 0. The van der Waals surface area contributed by atoms with Crippen molar-refractivity contribution in [2.24, 2.45) is 0 Å². The van der Waals surface area contributed by atoms with E-state index >= 15 is 0 Å². The molecule has 0 bridgehead atoms. The molecule has 35 heavy (non-hydrogen) atoms. The zero-order chi connectivity index (χ0) is 24.0. The predicted molar refractivity (Wildman–Crippen MR) is 137 cm³/mol. The number of nitrogens with zero attached hydrogens (tertiary/aromatic N) is 5. The lowest BCUT2D eigenvalue weighted by Crippen LogP contribution is -2.52. The van der Waals surface area contributed by atoms with E-state index in [2.05, 4.69) is 67.5 Å². The number of morpholine rings is 1. The molecule has 188 valence electrons. The van der Waals surface area contributed by atoms with Crippen LogP contribution in [-0.2, 0) is 9.53 Å². The molecule has 2 aromatic rings. The number of aryl methyl sites for hydroxylation is 1. The van der Waals surface area contributed by atoms with Gasteiger partial charge in [-0.15, -0.1) is 5.10 Å². The number of aromatic nitrogens is 2. The summed E-state index contributed by atoms with van der Waals surface area (Å²) in [5, 5.41) is 12.0. The van der Waals surface area contributed by atoms with Crippen molar-refractivity contribution < 1.29 is 9.53 Å². The van der Waals surface area contributed by atoms with Gasteiger partial charge in [0.25, 0.3) is 0 Å². The van der Waals surface area contributed by atoms with E-state index in [0.29, 0.717) is 18.6 Å². The molecule has 0 radical (unpaired) electrons. The summed E-state index contributed by atoms with van der Waals surface area (Å²) in [6.45, 7) is 9.82. The molecule has 1 aromatic heterocycles. The minimum Gasteiger partial charge on any atom is -0.379 e. The number of ether oxygens (including phenoxy) is 1. The van der Waals surface area contributed by atoms with Crippen molar-refractivity contribution in [2.45, 2.75) is 44.7 Å². The van der Waals surface area contributed by atoms with Gasteiger partial charge in [0.2, 0.25) is 5.91 Å². The van der Waals surface area contributed by atoms with E-state index in [1.54, 1.807) is 0 Å². The number of amides is 1. The van der Waals surface area contributed by atoms with Gasteiger partial charge in [0.15, 0.2) is 5.82 Å². The molecule has 3 heterocycles. The largest absolute Gasteiger partial charge is 0.379 e. The van der Waals surface area contributed by atoms with E-state index in [1.807, 2.05) is 6.20 Å². The third-order valence-corrected chi connectivity index (χ3v) is 7.79. The predicted octanol–water partition coefficient (Wildman–Crippen LogP) is 2.33. The Balaban J connectivity index is 1.06. The van der Waals surface area contributed by atoms with Gasteiger partial charge >= 0.3 is 0 Å². The fourth-order valence-corrected chi connectivity index (χ4v) is 5.69. The first-order valence-corrected chi connectivity index (χ1v) is 13.1. The van der Waals surface area contributed by atoms with Crippen LogP contribution in [-0.4, -0.2) is 97.0 Å². The Kier molecular flexibility index (Phi) is 7.91. The summed E-state index contributed by atoms with van der Waals surface area (Å²) in [6, 6.07) is 11.5. The smallest absolute Gasteiger partial charge is 0.234 e. The highest BCUT2D eigenvalue weighted by Gasteiger charge is 2.28. The Labute approximate surface area is 208 Å². The average molecular weight is 479 g/mol. The molecule has 2 saturated heterocycles. The number of piperazine rings is 1. The number of hydrogen-bond acceptors (Lipinski definition) is 7. The summed E-state index contributed by atoms with van der Waals surface area (Å²) in [6.07, 6.45) is 6.34. The van der Waals surface area contributed by atoms with Gasteiger partial charge in [0.1, 0.15) is 0 Å². The van der Waals surface area contributed by atoms with Crippen molar-refractivity contribution in [3.05, 3.63) is 42.1 Å². The van der Waals surface area contributed by atoms with E-state index in [-0.39, 0.29) is 5.91 Å². The van der Waals surface area contributed by atoms with Crippen LogP contribution in [0.4, 0.5) is 5.82 Å². The van der Waals surface area contributed by atoms with Gasteiger partial charge < -0.3 is 15.0 Å². The Bertz CT molecular complexity index is 979. The lowest BCUT2D eigenvalue weighted by molar-refractivity contribution is -0.123. The van der Waals surface area contributed by atoms with Gasteiger partial charge in [0.05, 0.1) is 26.0 Å². The summed E-state index contributed by atoms with van der Waals surface area (Å²) < 4.78 is 5.48. The molecule has 1 aromatic carbocycles. The zero-order valence-electron chi connectivity index (χ0n) is 20.9. The second-order valence-corrected chi connectivity index (χ2v) is 10.1. The van der Waals surface area contributed by atoms with Gasteiger partial charge in [-0.2, -0.15) is 5.10 Å². The van der Waals surface area contributed by atoms with Crippen molar-refractivity contribution in [2.75, 3.05) is 63.9 Å². The molecule has 5 rings (SSSR count). The molecule has 8 heteroatoms. The van der Waals surface area contributed by atoms with Gasteiger partial charge in [-0.3, -0.25) is 14.6 Å². The van der Waals surface area contributed by atoms with Crippen molar-refractivity contribution in [1.29, 1.82) is 0 Å². The first kappa shape index (κ1) is 24.2. The zero-order valence-corrected chi connectivity index (χ0v) is 20.9. The molecule has 1 saturated carbocycles. The van der Waals surface area contributed by atoms with Gasteiger partial charge in [0, 0.05) is 56.9 Å². The van der Waals surface area contributed by atoms with Gasteiger partial charge in [-0.25, -0.2) is 0 Å². The molecular formula is C27H38N6O2. The molecule has 0 atom stereocenters.